The van der Waals surface area contributed by atoms with E-state index < -0.39 is 10.0 Å². The molecule has 0 radical (unpaired) electrons. The molecule has 6 nitrogen and oxygen atoms in total. The summed E-state index contributed by atoms with van der Waals surface area (Å²) in [4.78, 5) is 12.5. The Bertz CT molecular complexity index is 857. The van der Waals surface area contributed by atoms with E-state index in [1.54, 1.807) is 42.5 Å². The Labute approximate surface area is 147 Å². The number of nitrogens with zero attached hydrogens (tertiary/aromatic N) is 1. The molecule has 0 aliphatic carbocycles. The van der Waals surface area contributed by atoms with Crippen molar-refractivity contribution in [1.29, 1.82) is 0 Å². The van der Waals surface area contributed by atoms with Crippen LogP contribution in [0.3, 0.4) is 0 Å². The number of amides is 1. The zero-order valence-electron chi connectivity index (χ0n) is 13.8. The number of sulfonamides is 1. The van der Waals surface area contributed by atoms with Crippen LogP contribution in [0, 0.1) is 0 Å². The second-order valence-corrected chi connectivity index (χ2v) is 8.01. The van der Waals surface area contributed by atoms with Crippen molar-refractivity contribution in [3.63, 3.8) is 0 Å². The maximum Gasteiger partial charge on any atom is 0.255 e. The van der Waals surface area contributed by atoms with Crippen molar-refractivity contribution in [2.45, 2.75) is 24.2 Å². The zero-order chi connectivity index (χ0) is 17.9. The standard InChI is InChI=1S/C18H21N3O3S/c19-15-9-7-14(8-10-15)18(22)20-16-5-4-6-17(13-16)25(23,24)21-11-2-1-3-12-21/h4-10,13H,1-3,11-12,19H2,(H,20,22). The van der Waals surface area contributed by atoms with Crippen LogP contribution in [0.25, 0.3) is 0 Å². The number of hydrogen-bond donors (Lipinski definition) is 2. The molecule has 3 N–H and O–H groups in total. The fourth-order valence-electron chi connectivity index (χ4n) is 2.83. The molecule has 25 heavy (non-hydrogen) atoms. The van der Waals surface area contributed by atoms with Gasteiger partial charge in [0.25, 0.3) is 5.91 Å². The highest BCUT2D eigenvalue weighted by Gasteiger charge is 2.26. The van der Waals surface area contributed by atoms with Gasteiger partial charge in [0, 0.05) is 30.0 Å². The molecule has 2 aromatic rings. The molecule has 0 aromatic heterocycles. The second-order valence-electron chi connectivity index (χ2n) is 6.07. The molecule has 3 rings (SSSR count). The molecular formula is C18H21N3O3S. The molecule has 0 bridgehead atoms. The van der Waals surface area contributed by atoms with Gasteiger partial charge < -0.3 is 11.1 Å². The third kappa shape index (κ3) is 4.00. The van der Waals surface area contributed by atoms with E-state index >= 15 is 0 Å². The van der Waals surface area contributed by atoms with Crippen LogP contribution < -0.4 is 11.1 Å². The molecule has 132 valence electrons. The summed E-state index contributed by atoms with van der Waals surface area (Å²) in [5.74, 6) is -0.312. The van der Waals surface area contributed by atoms with Crippen LogP contribution in [0.2, 0.25) is 0 Å². The topological polar surface area (TPSA) is 92.5 Å². The van der Waals surface area contributed by atoms with Crippen molar-refractivity contribution < 1.29 is 13.2 Å². The summed E-state index contributed by atoms with van der Waals surface area (Å²) in [7, 11) is -3.53. The molecule has 7 heteroatoms. The summed E-state index contributed by atoms with van der Waals surface area (Å²) in [5, 5.41) is 2.73. The largest absolute Gasteiger partial charge is 0.399 e. The van der Waals surface area contributed by atoms with Gasteiger partial charge in [0.15, 0.2) is 0 Å². The number of hydrogen-bond acceptors (Lipinski definition) is 4. The first kappa shape index (κ1) is 17.4. The summed E-state index contributed by atoms with van der Waals surface area (Å²) in [5.41, 5.74) is 7.09. The van der Waals surface area contributed by atoms with Gasteiger partial charge in [-0.3, -0.25) is 4.79 Å². The van der Waals surface area contributed by atoms with Crippen molar-refractivity contribution in [1.82, 2.24) is 4.31 Å². The quantitative estimate of drug-likeness (QED) is 0.821. The average Bonchev–Trinajstić information content (AvgIpc) is 2.63. The smallest absolute Gasteiger partial charge is 0.255 e. The van der Waals surface area contributed by atoms with Crippen LogP contribution in [0.4, 0.5) is 11.4 Å². The van der Waals surface area contributed by atoms with Crippen molar-refractivity contribution in [3.05, 3.63) is 54.1 Å². The molecule has 0 atom stereocenters. The molecular weight excluding hydrogens is 338 g/mol. The number of carbonyl (C=O) groups excluding carboxylic acids is 1. The minimum absolute atomic E-state index is 0.199. The molecule has 0 saturated carbocycles. The van der Waals surface area contributed by atoms with Gasteiger partial charge in [-0.15, -0.1) is 0 Å². The second kappa shape index (κ2) is 7.25. The number of nitrogens with one attached hydrogen (secondary N) is 1. The van der Waals surface area contributed by atoms with Crippen LogP contribution in [-0.2, 0) is 10.0 Å². The Kier molecular flexibility index (Phi) is 5.06. The molecule has 1 aliphatic heterocycles. The minimum Gasteiger partial charge on any atom is -0.399 e. The highest BCUT2D eigenvalue weighted by Crippen LogP contribution is 2.23. The maximum atomic E-state index is 12.7. The number of anilines is 2. The molecule has 1 amide bonds. The first-order valence-corrected chi connectivity index (χ1v) is 9.68. The van der Waals surface area contributed by atoms with E-state index in [0.29, 0.717) is 30.0 Å². The number of benzene rings is 2. The number of carbonyl (C=O) groups is 1. The van der Waals surface area contributed by atoms with E-state index in [1.165, 1.54) is 10.4 Å². The van der Waals surface area contributed by atoms with Gasteiger partial charge in [-0.1, -0.05) is 12.5 Å². The monoisotopic (exact) mass is 359 g/mol. The highest BCUT2D eigenvalue weighted by molar-refractivity contribution is 7.89. The number of piperidine rings is 1. The van der Waals surface area contributed by atoms with Crippen LogP contribution in [0.1, 0.15) is 29.6 Å². The Morgan fingerprint density at radius 2 is 1.68 bits per heavy atom. The van der Waals surface area contributed by atoms with Gasteiger partial charge in [-0.25, -0.2) is 8.42 Å². The summed E-state index contributed by atoms with van der Waals surface area (Å²) in [6, 6.07) is 12.9. The van der Waals surface area contributed by atoms with E-state index in [2.05, 4.69) is 5.32 Å². The Hall–Kier alpha value is -2.38. The highest BCUT2D eigenvalue weighted by atomic mass is 32.2. The zero-order valence-corrected chi connectivity index (χ0v) is 14.6. The molecule has 1 fully saturated rings. The lowest BCUT2D eigenvalue weighted by Crippen LogP contribution is -2.35. The predicted molar refractivity (Wildman–Crippen MR) is 97.9 cm³/mol. The van der Waals surface area contributed by atoms with Gasteiger partial charge in [0.2, 0.25) is 10.0 Å². The van der Waals surface area contributed by atoms with Gasteiger partial charge in [0.1, 0.15) is 0 Å². The number of nitrogens with two attached hydrogens (primary N) is 1. The van der Waals surface area contributed by atoms with Gasteiger partial charge in [-0.2, -0.15) is 4.31 Å². The van der Waals surface area contributed by atoms with Crippen molar-refractivity contribution in [2.75, 3.05) is 24.1 Å². The van der Waals surface area contributed by atoms with Crippen LogP contribution in [-0.4, -0.2) is 31.7 Å². The van der Waals surface area contributed by atoms with E-state index in [4.69, 9.17) is 5.73 Å². The predicted octanol–water partition coefficient (Wildman–Crippen LogP) is 2.70. The van der Waals surface area contributed by atoms with Crippen LogP contribution >= 0.6 is 0 Å². The third-order valence-electron chi connectivity index (χ3n) is 4.22. The van der Waals surface area contributed by atoms with Crippen molar-refractivity contribution in [3.8, 4) is 0 Å². The fraction of sp³-hybridized carbons (Fsp3) is 0.278. The Morgan fingerprint density at radius 3 is 2.36 bits per heavy atom. The molecule has 1 aliphatic rings. The average molecular weight is 359 g/mol. The molecule has 2 aromatic carbocycles. The van der Waals surface area contributed by atoms with Gasteiger partial charge >= 0.3 is 0 Å². The lowest BCUT2D eigenvalue weighted by atomic mass is 10.2. The first-order valence-electron chi connectivity index (χ1n) is 8.24. The van der Waals surface area contributed by atoms with Gasteiger partial charge in [-0.05, 0) is 55.3 Å². The summed E-state index contributed by atoms with van der Waals surface area (Å²) in [6.45, 7) is 1.09. The van der Waals surface area contributed by atoms with Crippen LogP contribution in [0.15, 0.2) is 53.4 Å². The first-order chi connectivity index (χ1) is 12.0. The SMILES string of the molecule is Nc1ccc(C(=O)Nc2cccc(S(=O)(=O)N3CCCCC3)c2)cc1. The summed E-state index contributed by atoms with van der Waals surface area (Å²) < 4.78 is 27.0. The molecule has 0 unspecified atom stereocenters. The number of nitrogen functional groups attached to an aromatic ring is 1. The maximum absolute atomic E-state index is 12.7. The normalized spacial score (nSPS) is 15.7. The molecule has 1 heterocycles. The molecule has 0 spiro atoms. The van der Waals surface area contributed by atoms with Crippen molar-refractivity contribution in [2.24, 2.45) is 0 Å². The minimum atomic E-state index is -3.53. The molecule has 1 saturated heterocycles. The lowest BCUT2D eigenvalue weighted by Gasteiger charge is -2.26. The van der Waals surface area contributed by atoms with E-state index in [9.17, 15) is 13.2 Å². The van der Waals surface area contributed by atoms with E-state index in [-0.39, 0.29) is 10.8 Å². The summed E-state index contributed by atoms with van der Waals surface area (Å²) in [6.07, 6.45) is 2.82. The Balaban J connectivity index is 1.79. The van der Waals surface area contributed by atoms with Crippen LogP contribution in [0.5, 0.6) is 0 Å². The van der Waals surface area contributed by atoms with Crippen molar-refractivity contribution >= 4 is 27.3 Å². The van der Waals surface area contributed by atoms with E-state index in [0.717, 1.165) is 19.3 Å². The summed E-state index contributed by atoms with van der Waals surface area (Å²) >= 11 is 0. The van der Waals surface area contributed by atoms with Gasteiger partial charge in [0.05, 0.1) is 4.90 Å². The Morgan fingerprint density at radius 1 is 1.00 bits per heavy atom. The lowest BCUT2D eigenvalue weighted by molar-refractivity contribution is 0.102. The number of rotatable bonds is 4. The third-order valence-corrected chi connectivity index (χ3v) is 6.11. The van der Waals surface area contributed by atoms with E-state index in [1.807, 2.05) is 0 Å². The fourth-order valence-corrected chi connectivity index (χ4v) is 4.39.